The third-order valence-electron chi connectivity index (χ3n) is 3.27. The Morgan fingerprint density at radius 2 is 1.29 bits per heavy atom. The van der Waals surface area contributed by atoms with Gasteiger partial charge in [0.05, 0.1) is 0 Å². The van der Waals surface area contributed by atoms with Gasteiger partial charge in [-0.3, -0.25) is 0 Å². The number of hydrogen-bond acceptors (Lipinski definition) is 2. The van der Waals surface area contributed by atoms with E-state index in [0.29, 0.717) is 0 Å². The third-order valence-corrected chi connectivity index (χ3v) is 3.27. The van der Waals surface area contributed by atoms with Gasteiger partial charge in [0.1, 0.15) is 0 Å². The average Bonchev–Trinajstić information content (AvgIpc) is 2.29. The van der Waals surface area contributed by atoms with Crippen molar-refractivity contribution in [1.82, 2.24) is 0 Å². The Morgan fingerprint density at radius 1 is 0.786 bits per heavy atom. The zero-order chi connectivity index (χ0) is 9.38. The van der Waals surface area contributed by atoms with Crippen LogP contribution in [0.3, 0.4) is 0 Å². The van der Waals surface area contributed by atoms with E-state index in [9.17, 15) is 0 Å². The lowest BCUT2D eigenvalue weighted by molar-refractivity contribution is 0.777. The van der Waals surface area contributed by atoms with Crippen molar-refractivity contribution in [1.29, 1.82) is 0 Å². The molecule has 2 heteroatoms. The second-order valence-corrected chi connectivity index (χ2v) is 4.18. The Balaban J connectivity index is 2.12. The molecule has 0 saturated carbocycles. The molecule has 2 aliphatic rings. The highest BCUT2D eigenvalue weighted by atomic mass is 14.9. The first-order valence-corrected chi connectivity index (χ1v) is 5.57. The van der Waals surface area contributed by atoms with Gasteiger partial charge >= 0.3 is 0 Å². The lowest BCUT2D eigenvalue weighted by Crippen LogP contribution is -2.18. The molecule has 0 saturated heterocycles. The Hall–Kier alpha value is -1.18. The molecule has 1 aromatic rings. The van der Waals surface area contributed by atoms with E-state index in [1.165, 1.54) is 37.1 Å². The van der Waals surface area contributed by atoms with Crippen LogP contribution in [0.5, 0.6) is 0 Å². The van der Waals surface area contributed by atoms with Crippen molar-refractivity contribution in [2.24, 2.45) is 0 Å². The van der Waals surface area contributed by atoms with Crippen LogP contribution >= 0.6 is 0 Å². The molecule has 0 amide bonds. The normalized spacial score (nSPS) is 18.9. The monoisotopic (exact) mass is 188 g/mol. The van der Waals surface area contributed by atoms with Crippen molar-refractivity contribution in [3.8, 4) is 0 Å². The smallest absolute Gasteiger partial charge is 0.0377 e. The van der Waals surface area contributed by atoms with Gasteiger partial charge < -0.3 is 10.6 Å². The summed E-state index contributed by atoms with van der Waals surface area (Å²) in [6.07, 6.45) is 5.08. The van der Waals surface area contributed by atoms with Crippen LogP contribution in [-0.2, 0) is 12.8 Å². The quantitative estimate of drug-likeness (QED) is 0.653. The van der Waals surface area contributed by atoms with Crippen LogP contribution in [0.4, 0.5) is 11.4 Å². The first-order chi connectivity index (χ1) is 6.95. The van der Waals surface area contributed by atoms with Crippen LogP contribution in [0.25, 0.3) is 0 Å². The molecule has 0 aliphatic carbocycles. The maximum atomic E-state index is 3.48. The molecule has 2 N–H and O–H groups in total. The molecule has 0 spiro atoms. The zero-order valence-electron chi connectivity index (χ0n) is 8.40. The van der Waals surface area contributed by atoms with Gasteiger partial charge in [-0.15, -0.1) is 0 Å². The highest BCUT2D eigenvalue weighted by Crippen LogP contribution is 2.33. The molecule has 2 nitrogen and oxygen atoms in total. The van der Waals surface area contributed by atoms with Gasteiger partial charge in [0.2, 0.25) is 0 Å². The molecule has 0 unspecified atom stereocenters. The van der Waals surface area contributed by atoms with Gasteiger partial charge in [-0.1, -0.05) is 0 Å². The fourth-order valence-electron chi connectivity index (χ4n) is 2.57. The van der Waals surface area contributed by atoms with E-state index in [4.69, 9.17) is 0 Å². The minimum absolute atomic E-state index is 1.14. The molecule has 2 aliphatic heterocycles. The number of nitrogens with one attached hydrogen (secondary N) is 2. The van der Waals surface area contributed by atoms with E-state index >= 15 is 0 Å². The molecule has 0 fully saturated rings. The topological polar surface area (TPSA) is 24.1 Å². The summed E-state index contributed by atoms with van der Waals surface area (Å²) in [5.41, 5.74) is 5.89. The van der Waals surface area contributed by atoms with Crippen LogP contribution in [0.2, 0.25) is 0 Å². The minimum atomic E-state index is 1.14. The highest BCUT2D eigenvalue weighted by Gasteiger charge is 2.17. The Bertz CT molecular complexity index is 323. The van der Waals surface area contributed by atoms with E-state index in [1.807, 2.05) is 0 Å². The minimum Gasteiger partial charge on any atom is -0.385 e. The van der Waals surface area contributed by atoms with E-state index < -0.39 is 0 Å². The number of rotatable bonds is 0. The van der Waals surface area contributed by atoms with Gasteiger partial charge in [0, 0.05) is 24.5 Å². The van der Waals surface area contributed by atoms with Crippen molar-refractivity contribution >= 4 is 11.4 Å². The SMILES string of the molecule is c1cc2c(c3c1NCCC3)CCCN2. The molecule has 74 valence electrons. The number of benzene rings is 1. The van der Waals surface area contributed by atoms with E-state index in [2.05, 4.69) is 22.8 Å². The number of fused-ring (bicyclic) bond motifs is 3. The van der Waals surface area contributed by atoms with Gasteiger partial charge in [-0.05, 0) is 48.9 Å². The van der Waals surface area contributed by atoms with Gasteiger partial charge in [0.25, 0.3) is 0 Å². The lowest BCUT2D eigenvalue weighted by atomic mass is 9.91. The Labute approximate surface area is 84.7 Å². The predicted molar refractivity (Wildman–Crippen MR) is 60.1 cm³/mol. The molecule has 0 atom stereocenters. The fraction of sp³-hybridized carbons (Fsp3) is 0.500. The molecule has 0 radical (unpaired) electrons. The summed E-state index contributed by atoms with van der Waals surface area (Å²) >= 11 is 0. The van der Waals surface area contributed by atoms with Crippen molar-refractivity contribution in [3.63, 3.8) is 0 Å². The molecule has 3 rings (SSSR count). The van der Waals surface area contributed by atoms with Gasteiger partial charge in [0.15, 0.2) is 0 Å². The maximum Gasteiger partial charge on any atom is 0.0377 e. The summed E-state index contributed by atoms with van der Waals surface area (Å²) in [6, 6.07) is 4.46. The molecular formula is C12H16N2. The molecule has 2 heterocycles. The maximum absolute atomic E-state index is 3.48. The van der Waals surface area contributed by atoms with Crippen molar-refractivity contribution < 1.29 is 0 Å². The molecule has 0 bridgehead atoms. The Morgan fingerprint density at radius 3 is 1.79 bits per heavy atom. The first kappa shape index (κ1) is 8.16. The van der Waals surface area contributed by atoms with Crippen molar-refractivity contribution in [3.05, 3.63) is 23.3 Å². The first-order valence-electron chi connectivity index (χ1n) is 5.57. The molecule has 14 heavy (non-hydrogen) atoms. The molecular weight excluding hydrogens is 172 g/mol. The zero-order valence-corrected chi connectivity index (χ0v) is 8.40. The van der Waals surface area contributed by atoms with E-state index in [0.717, 1.165) is 13.1 Å². The van der Waals surface area contributed by atoms with Crippen LogP contribution in [0, 0.1) is 0 Å². The van der Waals surface area contributed by atoms with E-state index in [-0.39, 0.29) is 0 Å². The van der Waals surface area contributed by atoms with Gasteiger partial charge in [-0.25, -0.2) is 0 Å². The summed E-state index contributed by atoms with van der Waals surface area (Å²) in [6.45, 7) is 2.28. The second kappa shape index (κ2) is 3.19. The Kier molecular flexibility index (Phi) is 1.86. The summed E-state index contributed by atoms with van der Waals surface area (Å²) in [5, 5.41) is 6.97. The van der Waals surface area contributed by atoms with Crippen molar-refractivity contribution in [2.75, 3.05) is 23.7 Å². The molecule has 1 aromatic carbocycles. The standard InChI is InChI=1S/C12H16N2/c1-3-9-10-4-2-8-14-12(10)6-5-11(9)13-7-1/h5-6,13-14H,1-4,7-8H2. The summed E-state index contributed by atoms with van der Waals surface area (Å²) in [7, 11) is 0. The third kappa shape index (κ3) is 1.17. The average molecular weight is 188 g/mol. The summed E-state index contributed by atoms with van der Waals surface area (Å²) in [4.78, 5) is 0. The predicted octanol–water partition coefficient (Wildman–Crippen LogP) is 2.40. The fourth-order valence-corrected chi connectivity index (χ4v) is 2.57. The number of hydrogen-bond donors (Lipinski definition) is 2. The van der Waals surface area contributed by atoms with Crippen molar-refractivity contribution in [2.45, 2.75) is 25.7 Å². The van der Waals surface area contributed by atoms with Gasteiger partial charge in [-0.2, -0.15) is 0 Å². The van der Waals surface area contributed by atoms with Crippen LogP contribution in [0.15, 0.2) is 12.1 Å². The van der Waals surface area contributed by atoms with Crippen LogP contribution in [0.1, 0.15) is 24.0 Å². The van der Waals surface area contributed by atoms with E-state index in [1.54, 1.807) is 11.1 Å². The highest BCUT2D eigenvalue weighted by molar-refractivity contribution is 5.67. The van der Waals surface area contributed by atoms with Crippen LogP contribution in [-0.4, -0.2) is 13.1 Å². The largest absolute Gasteiger partial charge is 0.385 e. The molecule has 0 aromatic heterocycles. The summed E-state index contributed by atoms with van der Waals surface area (Å²) in [5.74, 6) is 0. The summed E-state index contributed by atoms with van der Waals surface area (Å²) < 4.78 is 0. The number of anilines is 2. The lowest BCUT2D eigenvalue weighted by Gasteiger charge is -2.26. The second-order valence-electron chi connectivity index (χ2n) is 4.18. The van der Waals surface area contributed by atoms with Crippen LogP contribution < -0.4 is 10.6 Å².